The van der Waals surface area contributed by atoms with Gasteiger partial charge >= 0.3 is 0 Å². The number of para-hydroxylation sites is 2. The van der Waals surface area contributed by atoms with Gasteiger partial charge in [0.25, 0.3) is 0 Å². The maximum Gasteiger partial charge on any atom is 0.238 e. The van der Waals surface area contributed by atoms with Crippen LogP contribution in [0.1, 0.15) is 70.5 Å². The molecule has 4 aromatic carbocycles. The summed E-state index contributed by atoms with van der Waals surface area (Å²) in [6.45, 7) is 4.23. The number of Topliss-reactive ketones (excluding diaryl/α,β-unsaturated/α-hetero) is 2. The lowest BCUT2D eigenvalue weighted by Crippen LogP contribution is -2.51. The molecule has 4 aromatic rings. The Labute approximate surface area is 258 Å². The predicted octanol–water partition coefficient (Wildman–Crippen LogP) is 7.67. The van der Waals surface area contributed by atoms with Gasteiger partial charge in [0.2, 0.25) is 5.91 Å². The van der Waals surface area contributed by atoms with E-state index in [1.54, 1.807) is 12.1 Å². The highest BCUT2D eigenvalue weighted by Gasteiger charge is 2.70. The number of carbonyl (C=O) groups excluding carboxylic acids is 3. The molecule has 1 spiro atoms. The van der Waals surface area contributed by atoms with Gasteiger partial charge in [-0.25, -0.2) is 0 Å². The molecule has 7 rings (SSSR count). The van der Waals surface area contributed by atoms with E-state index in [-0.39, 0.29) is 17.5 Å². The van der Waals surface area contributed by atoms with Gasteiger partial charge in [0, 0.05) is 28.1 Å². The molecule has 1 saturated heterocycles. The number of anilines is 2. The van der Waals surface area contributed by atoms with Crippen LogP contribution in [0.3, 0.4) is 0 Å². The second-order valence-corrected chi connectivity index (χ2v) is 12.3. The molecule has 1 amide bonds. The van der Waals surface area contributed by atoms with Crippen molar-refractivity contribution >= 4 is 34.4 Å². The van der Waals surface area contributed by atoms with E-state index in [0.29, 0.717) is 16.8 Å². The highest BCUT2D eigenvalue weighted by Crippen LogP contribution is 2.58. The van der Waals surface area contributed by atoms with Crippen LogP contribution in [0.15, 0.2) is 109 Å². The number of carbonyl (C=O) groups is 3. The molecule has 0 saturated carbocycles. The molecule has 220 valence electrons. The first-order valence-corrected chi connectivity index (χ1v) is 15.7. The molecule has 3 heterocycles. The largest absolute Gasteiger partial charge is 0.352 e. The minimum Gasteiger partial charge on any atom is -0.352 e. The molecule has 3 aliphatic rings. The van der Waals surface area contributed by atoms with Crippen molar-refractivity contribution in [3.63, 3.8) is 0 Å². The lowest BCUT2D eigenvalue weighted by Gasteiger charge is -2.39. The van der Waals surface area contributed by atoms with E-state index in [9.17, 15) is 9.59 Å². The van der Waals surface area contributed by atoms with Crippen molar-refractivity contribution in [1.29, 1.82) is 0 Å². The number of unbranched alkanes of at least 4 members (excludes halogenated alkanes) is 2. The third-order valence-electron chi connectivity index (χ3n) is 9.80. The molecule has 3 aliphatic heterocycles. The third kappa shape index (κ3) is 4.17. The molecule has 0 bridgehead atoms. The van der Waals surface area contributed by atoms with Crippen molar-refractivity contribution in [1.82, 2.24) is 0 Å². The number of rotatable bonds is 8. The Hall–Kier alpha value is -4.77. The van der Waals surface area contributed by atoms with Crippen LogP contribution in [0.4, 0.5) is 11.4 Å². The van der Waals surface area contributed by atoms with Gasteiger partial charge in [-0.05, 0) is 48.6 Å². The Kier molecular flexibility index (Phi) is 7.04. The average molecular weight is 581 g/mol. The highest BCUT2D eigenvalue weighted by atomic mass is 16.2. The lowest BCUT2D eigenvalue weighted by molar-refractivity contribution is -0.121. The minimum absolute atomic E-state index is 0.165. The van der Waals surface area contributed by atoms with Gasteiger partial charge in [0.15, 0.2) is 11.6 Å². The molecular formula is C39H36N2O3. The fourth-order valence-electron chi connectivity index (χ4n) is 7.75. The van der Waals surface area contributed by atoms with E-state index in [4.69, 9.17) is 0 Å². The van der Waals surface area contributed by atoms with Gasteiger partial charge in [-0.15, -0.1) is 0 Å². The van der Waals surface area contributed by atoms with Crippen molar-refractivity contribution in [2.75, 3.05) is 10.2 Å². The quantitative estimate of drug-likeness (QED) is 0.172. The summed E-state index contributed by atoms with van der Waals surface area (Å²) in [5, 5.41) is 3.12. The van der Waals surface area contributed by atoms with E-state index in [1.165, 1.54) is 5.56 Å². The molecule has 1 N–H and O–H groups in total. The van der Waals surface area contributed by atoms with Crippen molar-refractivity contribution in [2.24, 2.45) is 5.92 Å². The fraction of sp³-hybridized carbons (Fsp3) is 0.256. The highest BCUT2D eigenvalue weighted by molar-refractivity contribution is 6.18. The summed E-state index contributed by atoms with van der Waals surface area (Å²) >= 11 is 0. The van der Waals surface area contributed by atoms with Crippen LogP contribution >= 0.6 is 0 Å². The van der Waals surface area contributed by atoms with Crippen LogP contribution < -0.4 is 10.2 Å². The Balaban J connectivity index is 1.46. The molecular weight excluding hydrogens is 544 g/mol. The molecule has 0 unspecified atom stereocenters. The van der Waals surface area contributed by atoms with E-state index in [2.05, 4.69) is 23.2 Å². The molecule has 4 atom stereocenters. The van der Waals surface area contributed by atoms with Crippen LogP contribution in [0.25, 0.3) is 5.57 Å². The number of nitrogens with zero attached hydrogens (tertiary/aromatic N) is 1. The maximum atomic E-state index is 15.0. The number of nitrogens with one attached hydrogen (secondary N) is 1. The smallest absolute Gasteiger partial charge is 0.238 e. The number of benzene rings is 4. The summed E-state index contributed by atoms with van der Waals surface area (Å²) < 4.78 is 0. The van der Waals surface area contributed by atoms with Crippen molar-refractivity contribution < 1.29 is 14.4 Å². The molecule has 5 nitrogen and oxygen atoms in total. The second-order valence-electron chi connectivity index (χ2n) is 12.3. The third-order valence-corrected chi connectivity index (χ3v) is 9.80. The fourth-order valence-corrected chi connectivity index (χ4v) is 7.75. The zero-order valence-corrected chi connectivity index (χ0v) is 25.1. The first-order valence-electron chi connectivity index (χ1n) is 15.7. The number of ketones is 2. The number of fused-ring (bicyclic) bond motifs is 6. The average Bonchev–Trinajstić information content (AvgIpc) is 3.53. The summed E-state index contributed by atoms with van der Waals surface area (Å²) in [4.78, 5) is 46.4. The SMILES string of the molecule is CCCCCc1ccc(C(=O)[C@H]2[C@@H](C(=O)c3ccccc3)N3c4ccccc4C(C)=C[C@@H]3[C@]23C(=O)Nc2ccccc23)cc1. The molecule has 0 aliphatic carbocycles. The van der Waals surface area contributed by atoms with Crippen LogP contribution in [-0.4, -0.2) is 29.6 Å². The number of aryl methyl sites for hydroxylation is 1. The zero-order valence-electron chi connectivity index (χ0n) is 25.1. The van der Waals surface area contributed by atoms with Gasteiger partial charge in [-0.2, -0.15) is 0 Å². The summed E-state index contributed by atoms with van der Waals surface area (Å²) in [7, 11) is 0. The summed E-state index contributed by atoms with van der Waals surface area (Å²) in [5.41, 5.74) is 5.26. The second kappa shape index (κ2) is 11.1. The van der Waals surface area contributed by atoms with Crippen LogP contribution in [-0.2, 0) is 16.6 Å². The van der Waals surface area contributed by atoms with Gasteiger partial charge in [-0.3, -0.25) is 14.4 Å². The molecule has 5 heteroatoms. The Morgan fingerprint density at radius 3 is 2.25 bits per heavy atom. The van der Waals surface area contributed by atoms with E-state index < -0.39 is 23.4 Å². The standard InChI is InChI=1S/C39H36N2O3/c1-3-4-6-13-26-20-22-28(23-21-26)36(42)34-35(37(43)27-14-7-5-8-15-27)41-32-19-12-9-16-29(32)25(2)24-33(41)39(34)30-17-10-11-18-31(30)40-38(39)44/h5,7-12,14-24,33-35H,3-4,6,13H2,1-2H3,(H,40,44)/t33-,34-,35+,39+/m1/s1. The van der Waals surface area contributed by atoms with Gasteiger partial charge < -0.3 is 10.2 Å². The van der Waals surface area contributed by atoms with E-state index in [1.807, 2.05) is 97.9 Å². The molecule has 44 heavy (non-hydrogen) atoms. The summed E-state index contributed by atoms with van der Waals surface area (Å²) in [6, 6.07) is 31.2. The van der Waals surface area contributed by atoms with Gasteiger partial charge in [0.05, 0.1) is 12.0 Å². The first-order chi connectivity index (χ1) is 21.5. The molecule has 1 fully saturated rings. The molecule has 0 radical (unpaired) electrons. The van der Waals surface area contributed by atoms with Crippen molar-refractivity contribution in [3.8, 4) is 0 Å². The number of allylic oxidation sites excluding steroid dienone is 1. The Morgan fingerprint density at radius 1 is 0.795 bits per heavy atom. The van der Waals surface area contributed by atoms with Gasteiger partial charge in [-0.1, -0.05) is 117 Å². The summed E-state index contributed by atoms with van der Waals surface area (Å²) in [6.07, 6.45) is 6.46. The first kappa shape index (κ1) is 28.0. The zero-order chi connectivity index (χ0) is 30.4. The van der Waals surface area contributed by atoms with Crippen LogP contribution in [0.2, 0.25) is 0 Å². The lowest BCUT2D eigenvalue weighted by atomic mass is 9.64. The van der Waals surface area contributed by atoms with Crippen molar-refractivity contribution in [2.45, 2.75) is 57.0 Å². The van der Waals surface area contributed by atoms with Crippen LogP contribution in [0, 0.1) is 5.92 Å². The number of hydrogen-bond donors (Lipinski definition) is 1. The topological polar surface area (TPSA) is 66.5 Å². The van der Waals surface area contributed by atoms with Crippen LogP contribution in [0.5, 0.6) is 0 Å². The maximum absolute atomic E-state index is 15.0. The van der Waals surface area contributed by atoms with E-state index in [0.717, 1.165) is 48.1 Å². The normalized spacial score (nSPS) is 23.0. The Bertz CT molecular complexity index is 1790. The molecule has 0 aromatic heterocycles. The van der Waals surface area contributed by atoms with Crippen molar-refractivity contribution in [3.05, 3.63) is 137 Å². The van der Waals surface area contributed by atoms with E-state index >= 15 is 4.79 Å². The summed E-state index contributed by atoms with van der Waals surface area (Å²) in [5.74, 6) is -1.56. The van der Waals surface area contributed by atoms with Gasteiger partial charge in [0.1, 0.15) is 11.5 Å². The monoisotopic (exact) mass is 580 g/mol. The minimum atomic E-state index is -1.31. The Morgan fingerprint density at radius 2 is 1.48 bits per heavy atom. The number of hydrogen-bond acceptors (Lipinski definition) is 4. The number of amides is 1. The predicted molar refractivity (Wildman–Crippen MR) is 175 cm³/mol.